The third kappa shape index (κ3) is 6.17. The average molecular weight is 247 g/mol. The summed E-state index contributed by atoms with van der Waals surface area (Å²) in [7, 11) is 1.65. The summed E-state index contributed by atoms with van der Waals surface area (Å²) in [6, 6.07) is 7.60. The van der Waals surface area contributed by atoms with Crippen LogP contribution in [0.5, 0.6) is 11.5 Å². The molecule has 0 aliphatic heterocycles. The zero-order valence-corrected chi connectivity index (χ0v) is 10.9. The van der Waals surface area contributed by atoms with Gasteiger partial charge in [-0.15, -0.1) is 12.3 Å². The number of nitrogens with one attached hydrogen (secondary N) is 1. The molecule has 0 unspecified atom stereocenters. The van der Waals surface area contributed by atoms with Gasteiger partial charge in [-0.25, -0.2) is 0 Å². The lowest BCUT2D eigenvalue weighted by atomic mass is 10.2. The van der Waals surface area contributed by atoms with E-state index < -0.39 is 0 Å². The molecule has 0 saturated carbocycles. The van der Waals surface area contributed by atoms with E-state index in [2.05, 4.69) is 11.2 Å². The Morgan fingerprint density at radius 1 is 1.11 bits per heavy atom. The van der Waals surface area contributed by atoms with Crippen LogP contribution in [0.3, 0.4) is 0 Å². The number of methoxy groups -OCH3 is 1. The minimum atomic E-state index is 0.668. The van der Waals surface area contributed by atoms with E-state index >= 15 is 0 Å². The topological polar surface area (TPSA) is 30.5 Å². The van der Waals surface area contributed by atoms with Crippen LogP contribution in [0.2, 0.25) is 0 Å². The van der Waals surface area contributed by atoms with E-state index in [-0.39, 0.29) is 0 Å². The van der Waals surface area contributed by atoms with Crippen LogP contribution >= 0.6 is 0 Å². The van der Waals surface area contributed by atoms with Gasteiger partial charge in [0.25, 0.3) is 0 Å². The summed E-state index contributed by atoms with van der Waals surface area (Å²) >= 11 is 0. The summed E-state index contributed by atoms with van der Waals surface area (Å²) in [5, 5.41) is 3.32. The minimum Gasteiger partial charge on any atom is -0.497 e. The maximum absolute atomic E-state index is 5.58. The van der Waals surface area contributed by atoms with Gasteiger partial charge in [0.2, 0.25) is 0 Å². The van der Waals surface area contributed by atoms with Crippen molar-refractivity contribution in [1.82, 2.24) is 5.32 Å². The molecule has 0 atom stereocenters. The first kappa shape index (κ1) is 14.4. The van der Waals surface area contributed by atoms with Crippen LogP contribution < -0.4 is 14.8 Å². The highest BCUT2D eigenvalue weighted by Crippen LogP contribution is 2.16. The van der Waals surface area contributed by atoms with Crippen LogP contribution in [0, 0.1) is 12.3 Å². The molecule has 0 saturated heterocycles. The molecular weight excluding hydrogens is 226 g/mol. The number of unbranched alkanes of at least 4 members (excludes halogenated alkanes) is 2. The van der Waals surface area contributed by atoms with Crippen LogP contribution in [-0.2, 0) is 0 Å². The van der Waals surface area contributed by atoms with Crippen molar-refractivity contribution in [3.8, 4) is 23.8 Å². The highest BCUT2D eigenvalue weighted by atomic mass is 16.5. The minimum absolute atomic E-state index is 0.668. The van der Waals surface area contributed by atoms with Crippen LogP contribution in [0.1, 0.15) is 19.3 Å². The fourth-order valence-electron chi connectivity index (χ4n) is 1.52. The monoisotopic (exact) mass is 247 g/mol. The Labute approximate surface area is 109 Å². The van der Waals surface area contributed by atoms with E-state index in [1.165, 1.54) is 0 Å². The molecule has 0 spiro atoms. The van der Waals surface area contributed by atoms with Crippen molar-refractivity contribution >= 4 is 0 Å². The number of rotatable bonds is 9. The van der Waals surface area contributed by atoms with E-state index in [9.17, 15) is 0 Å². The summed E-state index contributed by atoms with van der Waals surface area (Å²) in [6.07, 6.45) is 8.25. The van der Waals surface area contributed by atoms with Crippen molar-refractivity contribution < 1.29 is 9.47 Å². The summed E-state index contributed by atoms with van der Waals surface area (Å²) in [4.78, 5) is 0. The van der Waals surface area contributed by atoms with Crippen LogP contribution in [0.25, 0.3) is 0 Å². The molecule has 3 heteroatoms. The maximum Gasteiger partial charge on any atom is 0.119 e. The van der Waals surface area contributed by atoms with Gasteiger partial charge in [0.1, 0.15) is 18.1 Å². The second-order valence-corrected chi connectivity index (χ2v) is 3.94. The van der Waals surface area contributed by atoms with Crippen LogP contribution in [0.4, 0.5) is 0 Å². The fraction of sp³-hybridized carbons (Fsp3) is 0.467. The summed E-state index contributed by atoms with van der Waals surface area (Å²) < 4.78 is 10.7. The first-order chi connectivity index (χ1) is 8.86. The predicted octanol–water partition coefficient (Wildman–Crippen LogP) is 2.47. The molecular formula is C15H21NO2. The van der Waals surface area contributed by atoms with Gasteiger partial charge in [0.05, 0.1) is 7.11 Å². The predicted molar refractivity (Wildman–Crippen MR) is 74.0 cm³/mol. The van der Waals surface area contributed by atoms with Crippen molar-refractivity contribution in [2.75, 3.05) is 26.8 Å². The first-order valence-corrected chi connectivity index (χ1v) is 6.28. The second-order valence-electron chi connectivity index (χ2n) is 3.94. The first-order valence-electron chi connectivity index (χ1n) is 6.28. The van der Waals surface area contributed by atoms with Gasteiger partial charge >= 0.3 is 0 Å². The molecule has 98 valence electrons. The van der Waals surface area contributed by atoms with Gasteiger partial charge in [-0.05, 0) is 43.7 Å². The molecule has 0 radical (unpaired) electrons. The Kier molecular flexibility index (Phi) is 7.50. The van der Waals surface area contributed by atoms with Gasteiger partial charge in [0, 0.05) is 13.0 Å². The Morgan fingerprint density at radius 2 is 1.83 bits per heavy atom. The number of hydrogen-bond acceptors (Lipinski definition) is 3. The Morgan fingerprint density at radius 3 is 2.50 bits per heavy atom. The van der Waals surface area contributed by atoms with E-state index in [1.807, 2.05) is 24.3 Å². The molecule has 1 N–H and O–H groups in total. The smallest absolute Gasteiger partial charge is 0.119 e. The third-order valence-corrected chi connectivity index (χ3v) is 2.53. The Hall–Kier alpha value is -1.66. The average Bonchev–Trinajstić information content (AvgIpc) is 2.42. The van der Waals surface area contributed by atoms with Crippen molar-refractivity contribution in [1.29, 1.82) is 0 Å². The van der Waals surface area contributed by atoms with E-state index in [0.717, 1.165) is 43.9 Å². The summed E-state index contributed by atoms with van der Waals surface area (Å²) in [6.45, 7) is 2.51. The molecule has 1 rings (SSSR count). The van der Waals surface area contributed by atoms with Crippen molar-refractivity contribution in [2.24, 2.45) is 0 Å². The third-order valence-electron chi connectivity index (χ3n) is 2.53. The molecule has 0 fully saturated rings. The molecule has 0 amide bonds. The highest BCUT2D eigenvalue weighted by molar-refractivity contribution is 5.31. The van der Waals surface area contributed by atoms with E-state index in [4.69, 9.17) is 15.9 Å². The SMILES string of the molecule is C#CCCCCNCCOc1ccc(OC)cc1. The lowest BCUT2D eigenvalue weighted by Crippen LogP contribution is -2.22. The lowest BCUT2D eigenvalue weighted by Gasteiger charge is -2.08. The number of ether oxygens (including phenoxy) is 2. The van der Waals surface area contributed by atoms with Crippen molar-refractivity contribution in [3.05, 3.63) is 24.3 Å². The summed E-state index contributed by atoms with van der Waals surface area (Å²) in [5.41, 5.74) is 0. The van der Waals surface area contributed by atoms with Gasteiger partial charge in [0.15, 0.2) is 0 Å². The highest BCUT2D eigenvalue weighted by Gasteiger charge is 1.94. The zero-order valence-electron chi connectivity index (χ0n) is 10.9. The van der Waals surface area contributed by atoms with Crippen molar-refractivity contribution in [2.45, 2.75) is 19.3 Å². The molecule has 0 aromatic heterocycles. The van der Waals surface area contributed by atoms with Gasteiger partial charge in [-0.1, -0.05) is 0 Å². The molecule has 18 heavy (non-hydrogen) atoms. The molecule has 1 aromatic carbocycles. The molecule has 0 bridgehead atoms. The van der Waals surface area contributed by atoms with Crippen LogP contribution in [0.15, 0.2) is 24.3 Å². The van der Waals surface area contributed by atoms with E-state index in [1.54, 1.807) is 7.11 Å². The zero-order chi connectivity index (χ0) is 13.1. The van der Waals surface area contributed by atoms with Crippen LogP contribution in [-0.4, -0.2) is 26.8 Å². The molecule has 3 nitrogen and oxygen atoms in total. The summed E-state index contributed by atoms with van der Waals surface area (Å²) in [5.74, 6) is 4.35. The van der Waals surface area contributed by atoms with Gasteiger partial charge in [-0.3, -0.25) is 0 Å². The van der Waals surface area contributed by atoms with Gasteiger partial charge in [-0.2, -0.15) is 0 Å². The largest absolute Gasteiger partial charge is 0.497 e. The molecule has 0 aliphatic rings. The Balaban J connectivity index is 2.02. The number of terminal acetylenes is 1. The second kappa shape index (κ2) is 9.38. The molecule has 1 aromatic rings. The quantitative estimate of drug-likeness (QED) is 0.537. The van der Waals surface area contributed by atoms with Gasteiger partial charge < -0.3 is 14.8 Å². The fourth-order valence-corrected chi connectivity index (χ4v) is 1.52. The molecule has 0 heterocycles. The Bertz CT molecular complexity index is 354. The van der Waals surface area contributed by atoms with E-state index in [0.29, 0.717) is 6.61 Å². The number of hydrogen-bond donors (Lipinski definition) is 1. The van der Waals surface area contributed by atoms with Crippen molar-refractivity contribution in [3.63, 3.8) is 0 Å². The molecule has 0 aliphatic carbocycles. The number of benzene rings is 1. The lowest BCUT2D eigenvalue weighted by molar-refractivity contribution is 0.313. The standard InChI is InChI=1S/C15H21NO2/c1-3-4-5-6-11-16-12-13-18-15-9-7-14(17-2)8-10-15/h1,7-10,16H,4-6,11-13H2,2H3. The normalized spacial score (nSPS) is 9.78. The maximum atomic E-state index is 5.58.